The normalized spacial score (nSPS) is 29.8. The zero-order valence-electron chi connectivity index (χ0n) is 9.93. The van der Waals surface area contributed by atoms with E-state index >= 15 is 0 Å². The number of fused-ring (bicyclic) bond motifs is 2. The second-order valence-electron chi connectivity index (χ2n) is 5.07. The second-order valence-corrected chi connectivity index (χ2v) is 5.07. The Bertz CT molecular complexity index is 361. The molecule has 0 aliphatic carbocycles. The van der Waals surface area contributed by atoms with Crippen LogP contribution < -0.4 is 4.90 Å². The summed E-state index contributed by atoms with van der Waals surface area (Å²) in [4.78, 5) is 13.8. The first kappa shape index (κ1) is 10.0. The molecule has 86 valence electrons. The van der Waals surface area contributed by atoms with Crippen LogP contribution in [0, 0.1) is 6.92 Å². The fraction of sp³-hybridized carbons (Fsp3) is 0.667. The summed E-state index contributed by atoms with van der Waals surface area (Å²) < 4.78 is 0. The molecule has 2 aliphatic heterocycles. The van der Waals surface area contributed by atoms with Crippen LogP contribution in [-0.4, -0.2) is 47.1 Å². The smallest absolute Gasteiger partial charge is 0.225 e. The highest BCUT2D eigenvalue weighted by molar-refractivity contribution is 5.37. The van der Waals surface area contributed by atoms with Crippen molar-refractivity contribution in [2.24, 2.45) is 0 Å². The zero-order chi connectivity index (χ0) is 11.1. The average molecular weight is 218 g/mol. The maximum atomic E-state index is 4.46. The van der Waals surface area contributed by atoms with Gasteiger partial charge in [-0.25, -0.2) is 9.97 Å². The monoisotopic (exact) mass is 218 g/mol. The number of aromatic nitrogens is 2. The highest BCUT2D eigenvalue weighted by Crippen LogP contribution is 2.32. The van der Waals surface area contributed by atoms with E-state index in [1.807, 2.05) is 19.3 Å². The van der Waals surface area contributed by atoms with E-state index in [1.165, 1.54) is 12.8 Å². The Morgan fingerprint density at radius 1 is 1.12 bits per heavy atom. The third-order valence-corrected chi connectivity index (χ3v) is 3.66. The highest BCUT2D eigenvalue weighted by atomic mass is 15.4. The fourth-order valence-corrected chi connectivity index (χ4v) is 2.96. The number of rotatable bonds is 1. The van der Waals surface area contributed by atoms with Gasteiger partial charge in [-0.15, -0.1) is 0 Å². The van der Waals surface area contributed by atoms with Gasteiger partial charge in [0.1, 0.15) is 0 Å². The lowest BCUT2D eigenvalue weighted by Crippen LogP contribution is -2.53. The van der Waals surface area contributed by atoms with Gasteiger partial charge in [0.05, 0.1) is 0 Å². The number of anilines is 1. The molecule has 2 saturated heterocycles. The maximum absolute atomic E-state index is 4.46. The van der Waals surface area contributed by atoms with E-state index in [2.05, 4.69) is 26.8 Å². The van der Waals surface area contributed by atoms with Gasteiger partial charge in [-0.05, 0) is 32.4 Å². The lowest BCUT2D eigenvalue weighted by molar-refractivity contribution is 0.262. The van der Waals surface area contributed by atoms with Crippen LogP contribution in [0.3, 0.4) is 0 Å². The molecule has 0 amide bonds. The number of likely N-dealkylation sites (tertiary alicyclic amines) is 1. The minimum atomic E-state index is 0.617. The number of nitrogens with zero attached hydrogens (tertiary/aromatic N) is 4. The van der Waals surface area contributed by atoms with E-state index in [0.717, 1.165) is 24.6 Å². The van der Waals surface area contributed by atoms with Gasteiger partial charge in [-0.2, -0.15) is 0 Å². The number of aryl methyl sites for hydroxylation is 1. The van der Waals surface area contributed by atoms with Gasteiger partial charge < -0.3 is 9.80 Å². The number of likely N-dealkylation sites (N-methyl/N-ethyl adjacent to an activating group) is 1. The standard InChI is InChI=1S/C12H18N4/c1-9-5-13-12(14-6-9)16-10-3-4-11(16)8-15(2)7-10/h5-6,10-11H,3-4,7-8H2,1-2H3. The summed E-state index contributed by atoms with van der Waals surface area (Å²) >= 11 is 0. The maximum Gasteiger partial charge on any atom is 0.225 e. The Balaban J connectivity index is 1.88. The summed E-state index contributed by atoms with van der Waals surface area (Å²) in [5.41, 5.74) is 1.13. The Labute approximate surface area is 96.3 Å². The van der Waals surface area contributed by atoms with Crippen molar-refractivity contribution in [1.82, 2.24) is 14.9 Å². The summed E-state index contributed by atoms with van der Waals surface area (Å²) in [7, 11) is 2.21. The molecule has 2 fully saturated rings. The van der Waals surface area contributed by atoms with E-state index in [-0.39, 0.29) is 0 Å². The van der Waals surface area contributed by atoms with Gasteiger partial charge in [0.15, 0.2) is 0 Å². The van der Waals surface area contributed by atoms with Gasteiger partial charge in [0.25, 0.3) is 0 Å². The van der Waals surface area contributed by atoms with Crippen molar-refractivity contribution in [1.29, 1.82) is 0 Å². The lowest BCUT2D eigenvalue weighted by Gasteiger charge is -2.39. The van der Waals surface area contributed by atoms with E-state index in [0.29, 0.717) is 12.1 Å². The Morgan fingerprint density at radius 2 is 1.69 bits per heavy atom. The molecule has 3 heterocycles. The van der Waals surface area contributed by atoms with Crippen LogP contribution in [0.25, 0.3) is 0 Å². The van der Waals surface area contributed by atoms with Crippen LogP contribution >= 0.6 is 0 Å². The van der Waals surface area contributed by atoms with Crippen molar-refractivity contribution in [2.75, 3.05) is 25.0 Å². The third kappa shape index (κ3) is 1.57. The number of hydrogen-bond acceptors (Lipinski definition) is 4. The molecule has 4 nitrogen and oxygen atoms in total. The molecule has 0 radical (unpaired) electrons. The molecule has 16 heavy (non-hydrogen) atoms. The molecule has 2 unspecified atom stereocenters. The van der Waals surface area contributed by atoms with Gasteiger partial charge in [-0.3, -0.25) is 0 Å². The molecule has 3 rings (SSSR count). The van der Waals surface area contributed by atoms with Crippen molar-refractivity contribution in [3.63, 3.8) is 0 Å². The number of piperazine rings is 1. The highest BCUT2D eigenvalue weighted by Gasteiger charge is 2.39. The molecular weight excluding hydrogens is 200 g/mol. The Hall–Kier alpha value is -1.16. The van der Waals surface area contributed by atoms with Crippen LogP contribution in [0.15, 0.2) is 12.4 Å². The van der Waals surface area contributed by atoms with Gasteiger partial charge in [0.2, 0.25) is 5.95 Å². The summed E-state index contributed by atoms with van der Waals surface area (Å²) in [6.07, 6.45) is 6.40. The predicted molar refractivity (Wildman–Crippen MR) is 63.6 cm³/mol. The van der Waals surface area contributed by atoms with Crippen LogP contribution in [0.5, 0.6) is 0 Å². The summed E-state index contributed by atoms with van der Waals surface area (Å²) in [6.45, 7) is 4.32. The van der Waals surface area contributed by atoms with E-state index in [1.54, 1.807) is 0 Å². The first-order chi connectivity index (χ1) is 7.74. The minimum absolute atomic E-state index is 0.617. The van der Waals surface area contributed by atoms with Crippen molar-refractivity contribution in [3.05, 3.63) is 18.0 Å². The largest absolute Gasteiger partial charge is 0.332 e. The summed E-state index contributed by atoms with van der Waals surface area (Å²) in [6, 6.07) is 1.23. The summed E-state index contributed by atoms with van der Waals surface area (Å²) in [5, 5.41) is 0. The first-order valence-electron chi connectivity index (χ1n) is 5.99. The van der Waals surface area contributed by atoms with E-state index < -0.39 is 0 Å². The van der Waals surface area contributed by atoms with Gasteiger partial charge in [0, 0.05) is 37.6 Å². The van der Waals surface area contributed by atoms with Gasteiger partial charge >= 0.3 is 0 Å². The quantitative estimate of drug-likeness (QED) is 0.706. The summed E-state index contributed by atoms with van der Waals surface area (Å²) in [5.74, 6) is 0.922. The van der Waals surface area contributed by atoms with Crippen LogP contribution in [0.2, 0.25) is 0 Å². The average Bonchev–Trinajstić information content (AvgIpc) is 2.54. The minimum Gasteiger partial charge on any atom is -0.332 e. The molecule has 0 saturated carbocycles. The van der Waals surface area contributed by atoms with Crippen molar-refractivity contribution >= 4 is 5.95 Å². The van der Waals surface area contributed by atoms with Crippen molar-refractivity contribution < 1.29 is 0 Å². The van der Waals surface area contributed by atoms with E-state index in [9.17, 15) is 0 Å². The van der Waals surface area contributed by atoms with Gasteiger partial charge in [-0.1, -0.05) is 0 Å². The molecule has 2 atom stereocenters. The molecule has 0 N–H and O–H groups in total. The molecule has 4 heteroatoms. The molecule has 2 bridgehead atoms. The molecule has 0 aromatic carbocycles. The van der Waals surface area contributed by atoms with Crippen LogP contribution in [0.4, 0.5) is 5.95 Å². The van der Waals surface area contributed by atoms with E-state index in [4.69, 9.17) is 0 Å². The fourth-order valence-electron chi connectivity index (χ4n) is 2.96. The SMILES string of the molecule is Cc1cnc(N2C3CCC2CN(C)C3)nc1. The number of hydrogen-bond donors (Lipinski definition) is 0. The van der Waals surface area contributed by atoms with Crippen molar-refractivity contribution in [2.45, 2.75) is 31.8 Å². The molecule has 1 aromatic rings. The second kappa shape index (κ2) is 3.70. The molecular formula is C12H18N4. The Morgan fingerprint density at radius 3 is 2.25 bits per heavy atom. The van der Waals surface area contributed by atoms with Crippen LogP contribution in [-0.2, 0) is 0 Å². The Kier molecular flexibility index (Phi) is 2.32. The first-order valence-corrected chi connectivity index (χ1v) is 5.99. The van der Waals surface area contributed by atoms with Crippen LogP contribution in [0.1, 0.15) is 18.4 Å². The molecule has 1 aromatic heterocycles. The third-order valence-electron chi connectivity index (χ3n) is 3.66. The van der Waals surface area contributed by atoms with Crippen molar-refractivity contribution in [3.8, 4) is 0 Å². The molecule has 0 spiro atoms. The topological polar surface area (TPSA) is 32.3 Å². The lowest BCUT2D eigenvalue weighted by atomic mass is 10.2. The molecule has 2 aliphatic rings. The zero-order valence-corrected chi connectivity index (χ0v) is 9.93. The predicted octanol–water partition coefficient (Wildman–Crippen LogP) is 1.07.